The van der Waals surface area contributed by atoms with Gasteiger partial charge in [-0.1, -0.05) is 18.2 Å². The summed E-state index contributed by atoms with van der Waals surface area (Å²) in [6.45, 7) is 7.44. The van der Waals surface area contributed by atoms with Gasteiger partial charge in [0, 0.05) is 5.69 Å². The van der Waals surface area contributed by atoms with E-state index in [2.05, 4.69) is 5.32 Å². The number of carbonyl (C=O) groups is 2. The van der Waals surface area contributed by atoms with Crippen LogP contribution in [0.15, 0.2) is 42.5 Å². The van der Waals surface area contributed by atoms with E-state index in [-0.39, 0.29) is 6.10 Å². The van der Waals surface area contributed by atoms with Crippen molar-refractivity contribution in [2.75, 3.05) is 5.32 Å². The average Bonchev–Trinajstić information content (AvgIpc) is 2.63. The summed E-state index contributed by atoms with van der Waals surface area (Å²) in [5, 5.41) is 2.53. The zero-order valence-electron chi connectivity index (χ0n) is 15.9. The van der Waals surface area contributed by atoms with Gasteiger partial charge in [0.1, 0.15) is 5.82 Å². The lowest BCUT2D eigenvalue weighted by Gasteiger charge is -2.14. The predicted molar refractivity (Wildman–Crippen MR) is 101 cm³/mol. The number of anilines is 1. The van der Waals surface area contributed by atoms with E-state index in [9.17, 15) is 14.0 Å². The van der Waals surface area contributed by atoms with Crippen molar-refractivity contribution < 1.29 is 23.5 Å². The summed E-state index contributed by atoms with van der Waals surface area (Å²) in [5.74, 6) is -1.56. The highest BCUT2D eigenvalue weighted by Crippen LogP contribution is 2.15. The quantitative estimate of drug-likeness (QED) is 0.737. The summed E-state index contributed by atoms with van der Waals surface area (Å²) in [4.78, 5) is 24.3. The van der Waals surface area contributed by atoms with Gasteiger partial charge in [-0.25, -0.2) is 9.18 Å². The van der Waals surface area contributed by atoms with Crippen molar-refractivity contribution in [2.24, 2.45) is 0 Å². The molecule has 0 spiro atoms. The lowest BCUT2D eigenvalue weighted by Crippen LogP contribution is -2.30. The highest BCUT2D eigenvalue weighted by atomic mass is 19.1. The number of halogens is 1. The largest absolute Gasteiger partial charge is 0.449 e. The van der Waals surface area contributed by atoms with Gasteiger partial charge in [0.25, 0.3) is 5.91 Å². The van der Waals surface area contributed by atoms with Crippen LogP contribution in [0.5, 0.6) is 0 Å². The van der Waals surface area contributed by atoms with Gasteiger partial charge < -0.3 is 14.8 Å². The van der Waals surface area contributed by atoms with E-state index < -0.39 is 23.8 Å². The minimum atomic E-state index is -1.02. The number of esters is 1. The summed E-state index contributed by atoms with van der Waals surface area (Å²) in [6.07, 6.45) is -0.901. The first-order valence-electron chi connectivity index (χ1n) is 8.75. The van der Waals surface area contributed by atoms with E-state index in [1.807, 2.05) is 13.8 Å². The Morgan fingerprint density at radius 3 is 2.33 bits per heavy atom. The minimum Gasteiger partial charge on any atom is -0.449 e. The monoisotopic (exact) mass is 373 g/mol. The maximum Gasteiger partial charge on any atom is 0.338 e. The summed E-state index contributed by atoms with van der Waals surface area (Å²) in [7, 11) is 0. The summed E-state index contributed by atoms with van der Waals surface area (Å²) < 4.78 is 24.2. The molecular formula is C21H24FNO4. The Bertz CT molecular complexity index is 802. The Kier molecular flexibility index (Phi) is 7.07. The predicted octanol–water partition coefficient (Wildman–Crippen LogP) is 4.24. The first-order chi connectivity index (χ1) is 12.8. The highest BCUT2D eigenvalue weighted by molar-refractivity contribution is 5.97. The SMILES string of the molecule is Cc1ccc(NC(=O)[C@@H](C)OC(=O)c2ccc(COC(C)C)cc2)cc1F. The minimum absolute atomic E-state index is 0.121. The number of aryl methyl sites for hydroxylation is 1. The molecule has 0 saturated carbocycles. The van der Waals surface area contributed by atoms with E-state index >= 15 is 0 Å². The van der Waals surface area contributed by atoms with E-state index in [4.69, 9.17) is 9.47 Å². The normalized spacial score (nSPS) is 11.9. The molecule has 0 aliphatic carbocycles. The van der Waals surface area contributed by atoms with Gasteiger partial charge in [-0.2, -0.15) is 0 Å². The van der Waals surface area contributed by atoms with Crippen molar-refractivity contribution in [3.63, 3.8) is 0 Å². The average molecular weight is 373 g/mol. The van der Waals surface area contributed by atoms with Crippen molar-refractivity contribution in [2.45, 2.75) is 46.5 Å². The summed E-state index contributed by atoms with van der Waals surface area (Å²) >= 11 is 0. The number of amides is 1. The lowest BCUT2D eigenvalue weighted by molar-refractivity contribution is -0.123. The summed E-state index contributed by atoms with van der Waals surface area (Å²) in [6, 6.07) is 11.2. The van der Waals surface area contributed by atoms with Crippen molar-refractivity contribution in [1.29, 1.82) is 0 Å². The molecule has 6 heteroatoms. The van der Waals surface area contributed by atoms with Crippen LogP contribution in [0, 0.1) is 12.7 Å². The number of nitrogens with one attached hydrogen (secondary N) is 1. The van der Waals surface area contributed by atoms with Crippen LogP contribution < -0.4 is 5.32 Å². The molecule has 1 atom stereocenters. The maximum atomic E-state index is 13.5. The Morgan fingerprint density at radius 1 is 1.07 bits per heavy atom. The molecule has 0 fully saturated rings. The van der Waals surface area contributed by atoms with Gasteiger partial charge in [0.05, 0.1) is 18.3 Å². The Morgan fingerprint density at radius 2 is 1.74 bits per heavy atom. The molecule has 0 aromatic heterocycles. The van der Waals surface area contributed by atoms with E-state index in [1.54, 1.807) is 43.3 Å². The van der Waals surface area contributed by atoms with Crippen LogP contribution in [0.2, 0.25) is 0 Å². The summed E-state index contributed by atoms with van der Waals surface area (Å²) in [5.41, 5.74) is 2.06. The third kappa shape index (κ3) is 6.18. The van der Waals surface area contributed by atoms with E-state index in [1.165, 1.54) is 13.0 Å². The molecular weight excluding hydrogens is 349 g/mol. The third-order valence-electron chi connectivity index (χ3n) is 3.87. The second-order valence-corrected chi connectivity index (χ2v) is 6.56. The van der Waals surface area contributed by atoms with Crippen LogP contribution in [0.25, 0.3) is 0 Å². The molecule has 0 saturated heterocycles. The third-order valence-corrected chi connectivity index (χ3v) is 3.87. The fraction of sp³-hybridized carbons (Fsp3) is 0.333. The molecule has 0 bridgehead atoms. The first-order valence-corrected chi connectivity index (χ1v) is 8.75. The Balaban J connectivity index is 1.91. The van der Waals surface area contributed by atoms with Gasteiger partial charge in [-0.15, -0.1) is 0 Å². The maximum absolute atomic E-state index is 13.5. The molecule has 5 nitrogen and oxygen atoms in total. The number of benzene rings is 2. The molecule has 1 N–H and O–H groups in total. The zero-order valence-corrected chi connectivity index (χ0v) is 15.9. The van der Waals surface area contributed by atoms with Crippen LogP contribution in [-0.2, 0) is 20.9 Å². The molecule has 27 heavy (non-hydrogen) atoms. The fourth-order valence-corrected chi connectivity index (χ4v) is 2.20. The fourth-order valence-electron chi connectivity index (χ4n) is 2.20. The van der Waals surface area contributed by atoms with Crippen molar-refractivity contribution in [1.82, 2.24) is 0 Å². The number of ether oxygens (including phenoxy) is 2. The second-order valence-electron chi connectivity index (χ2n) is 6.56. The van der Waals surface area contributed by atoms with Gasteiger partial charge in [0.15, 0.2) is 6.10 Å². The van der Waals surface area contributed by atoms with E-state index in [0.717, 1.165) is 5.56 Å². The van der Waals surface area contributed by atoms with Gasteiger partial charge in [-0.3, -0.25) is 4.79 Å². The first kappa shape index (κ1) is 20.6. The number of rotatable bonds is 7. The smallest absolute Gasteiger partial charge is 0.338 e. The van der Waals surface area contributed by atoms with Crippen molar-refractivity contribution >= 4 is 17.6 Å². The van der Waals surface area contributed by atoms with Crippen molar-refractivity contribution in [3.8, 4) is 0 Å². The molecule has 0 aliphatic heterocycles. The number of hydrogen-bond donors (Lipinski definition) is 1. The molecule has 0 unspecified atom stereocenters. The standard InChI is InChI=1S/C21H24FNO4/c1-13(2)26-12-16-6-8-17(9-7-16)21(25)27-15(4)20(24)23-18-10-5-14(3)19(22)11-18/h5-11,13,15H,12H2,1-4H3,(H,23,24)/t15-/m1/s1. The molecule has 0 heterocycles. The second kappa shape index (κ2) is 9.28. The van der Waals surface area contributed by atoms with Crippen LogP contribution in [0.3, 0.4) is 0 Å². The molecule has 2 aromatic rings. The molecule has 2 rings (SSSR count). The number of carbonyl (C=O) groups excluding carboxylic acids is 2. The van der Waals surface area contributed by atoms with Crippen molar-refractivity contribution in [3.05, 3.63) is 65.0 Å². The zero-order chi connectivity index (χ0) is 20.0. The van der Waals surface area contributed by atoms with Crippen LogP contribution in [0.1, 0.15) is 42.3 Å². The topological polar surface area (TPSA) is 64.6 Å². The molecule has 0 radical (unpaired) electrons. The lowest BCUT2D eigenvalue weighted by atomic mass is 10.1. The van der Waals surface area contributed by atoms with Crippen LogP contribution in [-0.4, -0.2) is 24.1 Å². The molecule has 2 aromatic carbocycles. The van der Waals surface area contributed by atoms with Crippen LogP contribution >= 0.6 is 0 Å². The Hall–Kier alpha value is -2.73. The molecule has 0 aliphatic rings. The Labute approximate surface area is 158 Å². The van der Waals surface area contributed by atoms with Gasteiger partial charge >= 0.3 is 5.97 Å². The van der Waals surface area contributed by atoms with Gasteiger partial charge in [0.2, 0.25) is 0 Å². The van der Waals surface area contributed by atoms with Crippen LogP contribution in [0.4, 0.5) is 10.1 Å². The molecule has 144 valence electrons. The van der Waals surface area contributed by atoms with E-state index in [0.29, 0.717) is 23.4 Å². The molecule has 1 amide bonds. The van der Waals surface area contributed by atoms with Gasteiger partial charge in [-0.05, 0) is 63.1 Å². The number of hydrogen-bond acceptors (Lipinski definition) is 4. The highest BCUT2D eigenvalue weighted by Gasteiger charge is 2.19.